The summed E-state index contributed by atoms with van der Waals surface area (Å²) < 4.78 is 0. The van der Waals surface area contributed by atoms with Crippen LogP contribution in [0, 0.1) is 0 Å². The average Bonchev–Trinajstić information content (AvgIpc) is 2.55. The third kappa shape index (κ3) is 3.34. The van der Waals surface area contributed by atoms with Gasteiger partial charge in [-0.25, -0.2) is 0 Å². The van der Waals surface area contributed by atoms with Gasteiger partial charge in [-0.15, -0.1) is 0 Å². The van der Waals surface area contributed by atoms with Gasteiger partial charge in [0.2, 0.25) is 0 Å². The summed E-state index contributed by atoms with van der Waals surface area (Å²) in [6.45, 7) is 0. The summed E-state index contributed by atoms with van der Waals surface area (Å²) in [4.78, 5) is 0. The summed E-state index contributed by atoms with van der Waals surface area (Å²) >= 11 is 0. The van der Waals surface area contributed by atoms with Crippen molar-refractivity contribution < 1.29 is 30.6 Å². The quantitative estimate of drug-likeness (QED) is 0.416. The molecular weight excluding hydrogens is 336 g/mol. The molecule has 0 amide bonds. The van der Waals surface area contributed by atoms with Gasteiger partial charge in [-0.1, -0.05) is 24.3 Å². The minimum absolute atomic E-state index is 0.114. The van der Waals surface area contributed by atoms with E-state index < -0.39 is 0 Å². The van der Waals surface area contributed by atoms with Gasteiger partial charge >= 0.3 is 0 Å². The molecule has 0 spiro atoms. The maximum atomic E-state index is 9.96. The number of hydrogen-bond acceptors (Lipinski definition) is 6. The molecule has 6 heteroatoms. The molecular formula is C20H16O6. The summed E-state index contributed by atoms with van der Waals surface area (Å²) in [6.07, 6.45) is 3.01. The maximum Gasteiger partial charge on any atom is 0.130 e. The number of benzene rings is 3. The van der Waals surface area contributed by atoms with Crippen molar-refractivity contribution in [2.24, 2.45) is 0 Å². The Kier molecular flexibility index (Phi) is 4.33. The van der Waals surface area contributed by atoms with Crippen LogP contribution in [-0.4, -0.2) is 30.6 Å². The standard InChI is InChI=1S/C20H16O6/c21-13-7-17(23)15(18(24)8-13)5-11-3-1-2-4-12(11)6-16-19(25)9-14(22)10-20(16)26/h1-10,21-26H. The minimum atomic E-state index is -0.298. The highest BCUT2D eigenvalue weighted by Gasteiger charge is 2.08. The molecule has 0 aliphatic heterocycles. The van der Waals surface area contributed by atoms with Crippen molar-refractivity contribution in [1.29, 1.82) is 0 Å². The van der Waals surface area contributed by atoms with Gasteiger partial charge in [-0.2, -0.15) is 0 Å². The lowest BCUT2D eigenvalue weighted by molar-refractivity contribution is 0.424. The van der Waals surface area contributed by atoms with Crippen LogP contribution < -0.4 is 10.4 Å². The molecule has 3 rings (SSSR count). The van der Waals surface area contributed by atoms with Crippen molar-refractivity contribution in [3.8, 4) is 34.5 Å². The van der Waals surface area contributed by atoms with E-state index in [9.17, 15) is 30.6 Å². The van der Waals surface area contributed by atoms with Gasteiger partial charge in [-0.05, 0) is 22.6 Å². The van der Waals surface area contributed by atoms with Crippen LogP contribution in [0.2, 0.25) is 0 Å². The second-order valence-corrected chi connectivity index (χ2v) is 5.71. The molecule has 0 atom stereocenters. The van der Waals surface area contributed by atoms with Gasteiger partial charge in [0.25, 0.3) is 0 Å². The first-order valence-electron chi connectivity index (χ1n) is 7.63. The van der Waals surface area contributed by atoms with Crippen LogP contribution in [0.1, 0.15) is 11.1 Å². The molecule has 3 aromatic carbocycles. The second-order valence-electron chi connectivity index (χ2n) is 5.71. The van der Waals surface area contributed by atoms with Crippen molar-refractivity contribution in [2.75, 3.05) is 0 Å². The molecule has 0 fully saturated rings. The second kappa shape index (κ2) is 6.60. The predicted octanol–water partition coefficient (Wildman–Crippen LogP) is 1.58. The first-order valence-corrected chi connectivity index (χ1v) is 7.63. The van der Waals surface area contributed by atoms with E-state index in [-0.39, 0.29) is 45.6 Å². The SMILES string of the molecule is Oc1cc(O)c(C=c2ccccc2=Cc2c(O)cc(O)cc2O)c(O)c1. The number of aromatic hydroxyl groups is 6. The van der Waals surface area contributed by atoms with Gasteiger partial charge < -0.3 is 30.6 Å². The van der Waals surface area contributed by atoms with Crippen molar-refractivity contribution in [1.82, 2.24) is 0 Å². The number of hydrogen-bond donors (Lipinski definition) is 6. The van der Waals surface area contributed by atoms with E-state index in [1.807, 2.05) is 0 Å². The van der Waals surface area contributed by atoms with E-state index in [2.05, 4.69) is 0 Å². The van der Waals surface area contributed by atoms with Crippen LogP contribution in [0.25, 0.3) is 12.2 Å². The molecule has 0 saturated heterocycles. The van der Waals surface area contributed by atoms with E-state index >= 15 is 0 Å². The zero-order valence-electron chi connectivity index (χ0n) is 13.5. The van der Waals surface area contributed by atoms with E-state index in [0.717, 1.165) is 24.3 Å². The van der Waals surface area contributed by atoms with Crippen LogP contribution in [0.4, 0.5) is 0 Å². The first-order chi connectivity index (χ1) is 12.3. The van der Waals surface area contributed by atoms with Crippen molar-refractivity contribution in [3.05, 3.63) is 70.1 Å². The molecule has 0 radical (unpaired) electrons. The Morgan fingerprint density at radius 3 is 1.12 bits per heavy atom. The average molecular weight is 352 g/mol. The fourth-order valence-corrected chi connectivity index (χ4v) is 2.60. The Balaban J connectivity index is 2.26. The number of rotatable bonds is 2. The highest BCUT2D eigenvalue weighted by atomic mass is 16.3. The topological polar surface area (TPSA) is 121 Å². The molecule has 0 unspecified atom stereocenters. The van der Waals surface area contributed by atoms with Crippen LogP contribution in [0.15, 0.2) is 48.5 Å². The summed E-state index contributed by atoms with van der Waals surface area (Å²) in [7, 11) is 0. The van der Waals surface area contributed by atoms with E-state index in [1.165, 1.54) is 12.2 Å². The number of phenols is 6. The lowest BCUT2D eigenvalue weighted by Gasteiger charge is -2.05. The Morgan fingerprint density at radius 1 is 0.500 bits per heavy atom. The molecule has 26 heavy (non-hydrogen) atoms. The van der Waals surface area contributed by atoms with E-state index in [0.29, 0.717) is 10.4 Å². The zero-order valence-corrected chi connectivity index (χ0v) is 13.5. The lowest BCUT2D eigenvalue weighted by Crippen LogP contribution is -2.24. The van der Waals surface area contributed by atoms with Crippen molar-refractivity contribution in [2.45, 2.75) is 0 Å². The largest absolute Gasteiger partial charge is 0.508 e. The zero-order chi connectivity index (χ0) is 18.8. The summed E-state index contributed by atoms with van der Waals surface area (Å²) in [5, 5.41) is 59.8. The monoisotopic (exact) mass is 352 g/mol. The molecule has 0 saturated carbocycles. The minimum Gasteiger partial charge on any atom is -0.508 e. The lowest BCUT2D eigenvalue weighted by atomic mass is 10.1. The first kappa shape index (κ1) is 17.0. The summed E-state index contributed by atoms with van der Waals surface area (Å²) in [5.41, 5.74) is 0.227. The highest BCUT2D eigenvalue weighted by molar-refractivity contribution is 5.68. The molecule has 0 aromatic heterocycles. The van der Waals surface area contributed by atoms with Crippen molar-refractivity contribution >= 4 is 12.2 Å². The Labute approximate surface area is 148 Å². The molecule has 6 N–H and O–H groups in total. The third-order valence-electron chi connectivity index (χ3n) is 3.84. The molecule has 132 valence electrons. The van der Waals surface area contributed by atoms with Crippen LogP contribution in [-0.2, 0) is 0 Å². The van der Waals surface area contributed by atoms with Gasteiger partial charge in [0.05, 0.1) is 11.1 Å². The molecule has 0 aliphatic rings. The van der Waals surface area contributed by atoms with Gasteiger partial charge in [0.1, 0.15) is 34.5 Å². The maximum absolute atomic E-state index is 9.96. The van der Waals surface area contributed by atoms with Crippen LogP contribution >= 0.6 is 0 Å². The van der Waals surface area contributed by atoms with Crippen LogP contribution in [0.3, 0.4) is 0 Å². The molecule has 0 aliphatic carbocycles. The third-order valence-corrected chi connectivity index (χ3v) is 3.84. The Morgan fingerprint density at radius 2 is 0.808 bits per heavy atom. The van der Waals surface area contributed by atoms with Gasteiger partial charge in [-0.3, -0.25) is 0 Å². The fourth-order valence-electron chi connectivity index (χ4n) is 2.60. The summed E-state index contributed by atoms with van der Waals surface area (Å²) in [6, 6.07) is 11.3. The number of phenolic OH excluding ortho intramolecular Hbond substituents is 6. The summed E-state index contributed by atoms with van der Waals surface area (Å²) in [5.74, 6) is -1.73. The fraction of sp³-hybridized carbons (Fsp3) is 0. The normalized spacial score (nSPS) is 12.5. The Hall–Kier alpha value is -3.80. The molecule has 0 bridgehead atoms. The molecule has 0 heterocycles. The smallest absolute Gasteiger partial charge is 0.130 e. The van der Waals surface area contributed by atoms with Crippen LogP contribution in [0.5, 0.6) is 34.5 Å². The Bertz CT molecular complexity index is 967. The molecule has 6 nitrogen and oxygen atoms in total. The van der Waals surface area contributed by atoms with E-state index in [4.69, 9.17) is 0 Å². The van der Waals surface area contributed by atoms with Gasteiger partial charge in [0, 0.05) is 24.3 Å². The predicted molar refractivity (Wildman–Crippen MR) is 95.7 cm³/mol. The van der Waals surface area contributed by atoms with Gasteiger partial charge in [0.15, 0.2) is 0 Å². The highest BCUT2D eigenvalue weighted by Crippen LogP contribution is 2.33. The van der Waals surface area contributed by atoms with Crippen molar-refractivity contribution in [3.63, 3.8) is 0 Å². The van der Waals surface area contributed by atoms with E-state index in [1.54, 1.807) is 24.3 Å². The molecule has 3 aromatic rings.